The van der Waals surface area contributed by atoms with E-state index >= 15 is 0 Å². The van der Waals surface area contributed by atoms with Crippen molar-refractivity contribution in [3.63, 3.8) is 0 Å². The predicted octanol–water partition coefficient (Wildman–Crippen LogP) is 1.15. The molecule has 0 spiro atoms. The number of azide groups is 1. The fourth-order valence-electron chi connectivity index (χ4n) is 0.896. The van der Waals surface area contributed by atoms with Gasteiger partial charge in [0.2, 0.25) is 0 Å². The minimum atomic E-state index is -4.30. The molecule has 0 aliphatic carbocycles. The molecular weight excluding hydrogens is 201 g/mol. The van der Waals surface area contributed by atoms with Crippen molar-refractivity contribution in [3.8, 4) is 0 Å². The Morgan fingerprint density at radius 2 is 2.00 bits per heavy atom. The molecule has 8 heteroatoms. The van der Waals surface area contributed by atoms with Crippen molar-refractivity contribution in [1.29, 1.82) is 0 Å². The van der Waals surface area contributed by atoms with Crippen molar-refractivity contribution < 1.29 is 18.3 Å². The Bertz CT molecular complexity index is 202. The fraction of sp³-hybridized carbons (Fsp3) is 1.00. The van der Waals surface area contributed by atoms with Gasteiger partial charge in [-0.2, -0.15) is 13.2 Å². The summed E-state index contributed by atoms with van der Waals surface area (Å²) in [5.74, 6) is 0. The second kappa shape index (κ2) is 6.47. The van der Waals surface area contributed by atoms with E-state index in [4.69, 9.17) is 10.6 Å². The van der Waals surface area contributed by atoms with Crippen LogP contribution in [0.15, 0.2) is 5.11 Å². The van der Waals surface area contributed by atoms with Crippen LogP contribution in [0.5, 0.6) is 0 Å². The van der Waals surface area contributed by atoms with E-state index in [1.807, 2.05) is 0 Å². The van der Waals surface area contributed by atoms with Gasteiger partial charge in [-0.15, -0.1) is 0 Å². The maximum absolute atomic E-state index is 11.9. The first kappa shape index (κ1) is 13.0. The van der Waals surface area contributed by atoms with Crippen molar-refractivity contribution in [3.05, 3.63) is 10.4 Å². The molecule has 0 saturated carbocycles. The molecule has 82 valence electrons. The first-order valence-corrected chi connectivity index (χ1v) is 3.90. The Labute approximate surface area is 78.7 Å². The second-order valence-electron chi connectivity index (χ2n) is 2.57. The van der Waals surface area contributed by atoms with Crippen molar-refractivity contribution >= 4 is 0 Å². The lowest BCUT2D eigenvalue weighted by Gasteiger charge is -2.21. The lowest BCUT2D eigenvalue weighted by atomic mass is 10.4. The van der Waals surface area contributed by atoms with E-state index in [-0.39, 0.29) is 26.2 Å². The number of halogens is 3. The molecule has 14 heavy (non-hydrogen) atoms. The van der Waals surface area contributed by atoms with E-state index in [0.717, 1.165) is 4.90 Å². The maximum atomic E-state index is 11.9. The van der Waals surface area contributed by atoms with Crippen LogP contribution in [0.2, 0.25) is 0 Å². The molecule has 0 aliphatic heterocycles. The number of aliphatic hydroxyl groups excluding tert-OH is 1. The van der Waals surface area contributed by atoms with Gasteiger partial charge in [-0.05, 0) is 5.53 Å². The highest BCUT2D eigenvalue weighted by molar-refractivity contribution is 4.64. The van der Waals surface area contributed by atoms with Gasteiger partial charge in [-0.1, -0.05) is 5.11 Å². The third-order valence-corrected chi connectivity index (χ3v) is 1.40. The minimum Gasteiger partial charge on any atom is -0.395 e. The third kappa shape index (κ3) is 7.66. The summed E-state index contributed by atoms with van der Waals surface area (Å²) in [5, 5.41) is 11.6. The van der Waals surface area contributed by atoms with Gasteiger partial charge in [-0.25, -0.2) is 0 Å². The van der Waals surface area contributed by atoms with Crippen LogP contribution in [0, 0.1) is 0 Å². The van der Waals surface area contributed by atoms with E-state index in [1.165, 1.54) is 0 Å². The summed E-state index contributed by atoms with van der Waals surface area (Å²) in [5.41, 5.74) is 7.91. The van der Waals surface area contributed by atoms with Crippen LogP contribution in [0.4, 0.5) is 13.2 Å². The molecule has 0 atom stereocenters. The molecule has 0 unspecified atom stereocenters. The summed E-state index contributed by atoms with van der Waals surface area (Å²) in [6.07, 6.45) is -4.30. The molecule has 0 aromatic rings. The topological polar surface area (TPSA) is 72.2 Å². The Morgan fingerprint density at radius 1 is 1.36 bits per heavy atom. The third-order valence-electron chi connectivity index (χ3n) is 1.40. The van der Waals surface area contributed by atoms with Crippen LogP contribution in [-0.2, 0) is 0 Å². The van der Waals surface area contributed by atoms with E-state index < -0.39 is 12.7 Å². The summed E-state index contributed by atoms with van der Waals surface area (Å²) in [6, 6.07) is 0. The molecule has 0 rings (SSSR count). The molecule has 0 aromatic heterocycles. The van der Waals surface area contributed by atoms with E-state index in [9.17, 15) is 13.2 Å². The average Bonchev–Trinajstić information content (AvgIpc) is 2.02. The molecular formula is C6H11F3N4O. The zero-order valence-electron chi connectivity index (χ0n) is 7.41. The highest BCUT2D eigenvalue weighted by atomic mass is 19.4. The number of hydrogen-bond acceptors (Lipinski definition) is 3. The van der Waals surface area contributed by atoms with Crippen molar-refractivity contribution in [1.82, 2.24) is 4.90 Å². The average molecular weight is 212 g/mol. The number of rotatable bonds is 6. The van der Waals surface area contributed by atoms with Crippen molar-refractivity contribution in [2.24, 2.45) is 5.11 Å². The zero-order valence-corrected chi connectivity index (χ0v) is 7.41. The maximum Gasteiger partial charge on any atom is 0.401 e. The summed E-state index contributed by atoms with van der Waals surface area (Å²) in [7, 11) is 0. The summed E-state index contributed by atoms with van der Waals surface area (Å²) in [6.45, 7) is -1.59. The molecule has 1 N–H and O–H groups in total. The van der Waals surface area contributed by atoms with Gasteiger partial charge in [0.1, 0.15) is 0 Å². The molecule has 0 saturated heterocycles. The number of alkyl halides is 3. The van der Waals surface area contributed by atoms with Crippen molar-refractivity contribution in [2.45, 2.75) is 6.18 Å². The molecule has 0 amide bonds. The molecule has 0 radical (unpaired) electrons. The molecule has 5 nitrogen and oxygen atoms in total. The summed E-state index contributed by atoms with van der Waals surface area (Å²) in [4.78, 5) is 3.40. The van der Waals surface area contributed by atoms with Crippen LogP contribution < -0.4 is 0 Å². The van der Waals surface area contributed by atoms with Crippen molar-refractivity contribution in [2.75, 3.05) is 32.8 Å². The fourth-order valence-corrected chi connectivity index (χ4v) is 0.896. The van der Waals surface area contributed by atoms with Gasteiger partial charge < -0.3 is 5.11 Å². The minimum absolute atomic E-state index is 0.00979. The quantitative estimate of drug-likeness (QED) is 0.407. The first-order chi connectivity index (χ1) is 6.49. The molecule has 0 fully saturated rings. The largest absolute Gasteiger partial charge is 0.401 e. The van der Waals surface area contributed by atoms with E-state index in [1.54, 1.807) is 0 Å². The monoisotopic (exact) mass is 212 g/mol. The van der Waals surface area contributed by atoms with E-state index in [0.29, 0.717) is 0 Å². The van der Waals surface area contributed by atoms with Gasteiger partial charge in [-0.3, -0.25) is 4.90 Å². The smallest absolute Gasteiger partial charge is 0.395 e. The van der Waals surface area contributed by atoms with Crippen LogP contribution in [0.25, 0.3) is 10.4 Å². The van der Waals surface area contributed by atoms with Crippen LogP contribution >= 0.6 is 0 Å². The highest BCUT2D eigenvalue weighted by Crippen LogP contribution is 2.15. The van der Waals surface area contributed by atoms with E-state index in [2.05, 4.69) is 10.0 Å². The molecule has 0 heterocycles. The SMILES string of the molecule is [N-]=[N+]=NCCN(CCO)CC(F)(F)F. The first-order valence-electron chi connectivity index (χ1n) is 3.90. The zero-order chi connectivity index (χ0) is 11.0. The molecule has 0 aliphatic rings. The Hall–Kier alpha value is -0.980. The van der Waals surface area contributed by atoms with Gasteiger partial charge in [0, 0.05) is 24.5 Å². The van der Waals surface area contributed by atoms with Gasteiger partial charge in [0.25, 0.3) is 0 Å². The second-order valence-corrected chi connectivity index (χ2v) is 2.57. The summed E-state index contributed by atoms with van der Waals surface area (Å²) < 4.78 is 35.7. The molecule has 0 bridgehead atoms. The van der Waals surface area contributed by atoms with Gasteiger partial charge >= 0.3 is 6.18 Å². The van der Waals surface area contributed by atoms with Gasteiger partial charge in [0.15, 0.2) is 0 Å². The lowest BCUT2D eigenvalue weighted by Crippen LogP contribution is -2.37. The predicted molar refractivity (Wildman–Crippen MR) is 43.6 cm³/mol. The van der Waals surface area contributed by atoms with Crippen LogP contribution in [0.1, 0.15) is 0 Å². The van der Waals surface area contributed by atoms with Gasteiger partial charge in [0.05, 0.1) is 13.2 Å². The van der Waals surface area contributed by atoms with Crippen LogP contribution in [-0.4, -0.2) is 49.0 Å². The summed E-state index contributed by atoms with van der Waals surface area (Å²) >= 11 is 0. The number of hydrogen-bond donors (Lipinski definition) is 1. The highest BCUT2D eigenvalue weighted by Gasteiger charge is 2.29. The number of nitrogens with zero attached hydrogens (tertiary/aromatic N) is 4. The van der Waals surface area contributed by atoms with Crippen LogP contribution in [0.3, 0.4) is 0 Å². The molecule has 0 aromatic carbocycles. The Balaban J connectivity index is 3.94. The standard InChI is InChI=1S/C6H11F3N4O/c7-6(8,9)5-13(3-4-14)2-1-11-12-10/h14H,1-5H2. The number of aliphatic hydroxyl groups is 1. The Morgan fingerprint density at radius 3 is 2.43 bits per heavy atom. The normalized spacial score (nSPS) is 11.5. The lowest BCUT2D eigenvalue weighted by molar-refractivity contribution is -0.146. The Kier molecular flexibility index (Phi) is 6.02.